The number of aliphatic hydroxyl groups excluding tert-OH is 1. The van der Waals surface area contributed by atoms with Crippen LogP contribution < -0.4 is 9.47 Å². The lowest BCUT2D eigenvalue weighted by molar-refractivity contribution is -0.757. The highest BCUT2D eigenvalue weighted by Gasteiger charge is 2.60. The van der Waals surface area contributed by atoms with Gasteiger partial charge in [-0.05, 0) is 147 Å². The van der Waals surface area contributed by atoms with Gasteiger partial charge in [0.25, 0.3) is 5.09 Å². The minimum Gasteiger partial charge on any atom is -0.493 e. The Bertz CT molecular complexity index is 1330. The summed E-state index contributed by atoms with van der Waals surface area (Å²) in [6.45, 7) is 7.53. The summed E-state index contributed by atoms with van der Waals surface area (Å²) in [5, 5.41) is 19.7. The molecule has 10 nitrogen and oxygen atoms in total. The van der Waals surface area contributed by atoms with Crippen LogP contribution in [0, 0.1) is 56.5 Å². The van der Waals surface area contributed by atoms with Gasteiger partial charge in [-0.15, -0.1) is 10.1 Å². The van der Waals surface area contributed by atoms with Crippen molar-refractivity contribution in [1.82, 2.24) is 0 Å². The Balaban J connectivity index is 1.09. The lowest BCUT2D eigenvalue weighted by atomic mass is 9.44. The standard InChI is InChI=1S/C38H55NO9/c1-25(30-12-13-31-29-11-10-27-24-28(40)17-19-37(27,2)32(29)18-20-38(30,31)3)7-15-36(42)48-33-14-8-26(23-34(33)45-4)9-16-35(41)46-21-5-6-22-47-39(43)44/h8-9,14,16,23,25,27-32,40H,5-7,10-13,15,17-22,24H2,1-4H3/b16-9+/t25-,27+,28-,29+,30-,31+,32+,37+,38-/m1/s1. The molecule has 0 spiro atoms. The van der Waals surface area contributed by atoms with E-state index < -0.39 is 11.1 Å². The minimum absolute atomic E-state index is 0.0366. The lowest BCUT2D eigenvalue weighted by Crippen LogP contribution is -2.54. The van der Waals surface area contributed by atoms with Crippen LogP contribution in [0.4, 0.5) is 0 Å². The van der Waals surface area contributed by atoms with Crippen LogP contribution in [0.2, 0.25) is 0 Å². The first-order valence-corrected chi connectivity index (χ1v) is 18.1. The molecule has 4 aliphatic rings. The van der Waals surface area contributed by atoms with Gasteiger partial charge in [0.15, 0.2) is 11.5 Å². The largest absolute Gasteiger partial charge is 0.493 e. The normalized spacial score (nSPS) is 33.2. The third-order valence-electron chi connectivity index (χ3n) is 13.0. The van der Waals surface area contributed by atoms with Crippen LogP contribution in [0.3, 0.4) is 0 Å². The Hall–Kier alpha value is -3.14. The fourth-order valence-electron chi connectivity index (χ4n) is 10.5. The number of aliphatic hydroxyl groups is 1. The van der Waals surface area contributed by atoms with Crippen molar-refractivity contribution < 1.29 is 38.8 Å². The predicted molar refractivity (Wildman–Crippen MR) is 180 cm³/mol. The van der Waals surface area contributed by atoms with Crippen molar-refractivity contribution in [3.63, 3.8) is 0 Å². The van der Waals surface area contributed by atoms with Gasteiger partial charge in [0, 0.05) is 12.5 Å². The van der Waals surface area contributed by atoms with E-state index in [2.05, 4.69) is 25.6 Å². The Morgan fingerprint density at radius 1 is 1.02 bits per heavy atom. The maximum Gasteiger partial charge on any atom is 0.330 e. The van der Waals surface area contributed by atoms with E-state index in [9.17, 15) is 24.8 Å². The summed E-state index contributed by atoms with van der Waals surface area (Å²) < 4.78 is 16.3. The highest BCUT2D eigenvalue weighted by atomic mass is 16.9. The van der Waals surface area contributed by atoms with E-state index in [4.69, 9.17) is 14.2 Å². The highest BCUT2D eigenvalue weighted by Crippen LogP contribution is 2.68. The van der Waals surface area contributed by atoms with Gasteiger partial charge in [-0.2, -0.15) is 0 Å². The number of carbonyl (C=O) groups is 2. The van der Waals surface area contributed by atoms with Crippen LogP contribution in [0.1, 0.15) is 110 Å². The van der Waals surface area contributed by atoms with Crippen LogP contribution >= 0.6 is 0 Å². The van der Waals surface area contributed by atoms with E-state index >= 15 is 0 Å². The molecule has 5 rings (SSSR count). The molecule has 4 aliphatic carbocycles. The zero-order valence-electron chi connectivity index (χ0n) is 29.2. The Kier molecular flexibility index (Phi) is 11.8. The summed E-state index contributed by atoms with van der Waals surface area (Å²) in [6.07, 6.45) is 15.6. The van der Waals surface area contributed by atoms with Crippen molar-refractivity contribution >= 4 is 18.0 Å². The summed E-state index contributed by atoms with van der Waals surface area (Å²) in [7, 11) is 1.51. The third kappa shape index (κ3) is 8.01. The molecule has 0 bridgehead atoms. The van der Waals surface area contributed by atoms with Gasteiger partial charge in [0.05, 0.1) is 26.4 Å². The molecule has 1 aromatic carbocycles. The SMILES string of the molecule is COc1cc(/C=C/C(=O)OCCCCO[N+](=O)[O-])ccc1OC(=O)CC[C@@H](C)[C@H]1CC[C@H]2[C@@H]3CC[C@H]4C[C@H](O)CC[C@]4(C)[C@H]3CC[C@]12C. The molecule has 266 valence electrons. The van der Waals surface area contributed by atoms with Crippen molar-refractivity contribution in [1.29, 1.82) is 0 Å². The maximum absolute atomic E-state index is 13.0. The fraction of sp³-hybridized carbons (Fsp3) is 0.737. The molecule has 4 saturated carbocycles. The minimum atomic E-state index is -0.847. The van der Waals surface area contributed by atoms with Gasteiger partial charge >= 0.3 is 11.9 Å². The molecule has 1 N–H and O–H groups in total. The van der Waals surface area contributed by atoms with Gasteiger partial charge < -0.3 is 24.2 Å². The van der Waals surface area contributed by atoms with Gasteiger partial charge in [0.1, 0.15) is 0 Å². The average Bonchev–Trinajstić information content (AvgIpc) is 3.42. The number of unbranched alkanes of at least 4 members (excludes halogenated alkanes) is 1. The second-order valence-corrected chi connectivity index (χ2v) is 15.5. The molecule has 10 heteroatoms. The molecule has 1 aromatic rings. The zero-order valence-corrected chi connectivity index (χ0v) is 29.2. The average molecular weight is 670 g/mol. The quantitative estimate of drug-likeness (QED) is 0.0531. The van der Waals surface area contributed by atoms with Crippen molar-refractivity contribution in [3.8, 4) is 11.5 Å². The van der Waals surface area contributed by atoms with Gasteiger partial charge in [0.2, 0.25) is 0 Å². The van der Waals surface area contributed by atoms with E-state index in [1.165, 1.54) is 58.1 Å². The molecular formula is C38H55NO9. The number of nitrogens with zero attached hydrogens (tertiary/aromatic N) is 1. The number of methoxy groups -OCH3 is 1. The molecule has 0 aromatic heterocycles. The monoisotopic (exact) mass is 669 g/mol. The Morgan fingerprint density at radius 2 is 1.77 bits per heavy atom. The van der Waals surface area contributed by atoms with Crippen molar-refractivity contribution in [2.75, 3.05) is 20.3 Å². The number of carbonyl (C=O) groups excluding carboxylic acids is 2. The zero-order chi connectivity index (χ0) is 34.5. The molecule has 48 heavy (non-hydrogen) atoms. The molecule has 0 radical (unpaired) electrons. The molecule has 0 amide bonds. The van der Waals surface area contributed by atoms with Crippen molar-refractivity contribution in [3.05, 3.63) is 40.0 Å². The van der Waals surface area contributed by atoms with Crippen LogP contribution in [-0.2, 0) is 19.2 Å². The van der Waals surface area contributed by atoms with Gasteiger partial charge in [-0.1, -0.05) is 26.8 Å². The number of fused-ring (bicyclic) bond motifs is 5. The molecule has 0 aliphatic heterocycles. The van der Waals surface area contributed by atoms with E-state index in [1.807, 2.05) is 0 Å². The smallest absolute Gasteiger partial charge is 0.330 e. The second-order valence-electron chi connectivity index (χ2n) is 15.5. The third-order valence-corrected chi connectivity index (χ3v) is 13.0. The van der Waals surface area contributed by atoms with Crippen LogP contribution in [-0.4, -0.2) is 48.6 Å². The lowest BCUT2D eigenvalue weighted by Gasteiger charge is -2.61. The first-order valence-electron chi connectivity index (χ1n) is 18.1. The topological polar surface area (TPSA) is 134 Å². The van der Waals surface area contributed by atoms with E-state index in [0.29, 0.717) is 64.9 Å². The van der Waals surface area contributed by atoms with E-state index in [1.54, 1.807) is 24.3 Å². The number of hydrogen-bond acceptors (Lipinski definition) is 9. The summed E-state index contributed by atoms with van der Waals surface area (Å²) in [5.74, 6) is 4.02. The molecule has 4 fully saturated rings. The van der Waals surface area contributed by atoms with Gasteiger partial charge in [-0.25, -0.2) is 4.79 Å². The van der Waals surface area contributed by atoms with E-state index in [0.717, 1.165) is 37.0 Å². The predicted octanol–water partition coefficient (Wildman–Crippen LogP) is 7.58. The summed E-state index contributed by atoms with van der Waals surface area (Å²) in [4.78, 5) is 39.4. The van der Waals surface area contributed by atoms with Crippen molar-refractivity contribution in [2.45, 2.75) is 110 Å². The first-order chi connectivity index (χ1) is 22.9. The van der Waals surface area contributed by atoms with Crippen LogP contribution in [0.15, 0.2) is 24.3 Å². The van der Waals surface area contributed by atoms with Gasteiger partial charge in [-0.3, -0.25) is 4.79 Å². The molecule has 9 atom stereocenters. The number of benzene rings is 1. The Morgan fingerprint density at radius 3 is 2.54 bits per heavy atom. The molecule has 0 saturated heterocycles. The van der Waals surface area contributed by atoms with Crippen LogP contribution in [0.25, 0.3) is 6.08 Å². The molecular weight excluding hydrogens is 614 g/mol. The molecule has 0 unspecified atom stereocenters. The summed E-state index contributed by atoms with van der Waals surface area (Å²) in [6, 6.07) is 5.11. The highest BCUT2D eigenvalue weighted by molar-refractivity contribution is 5.87. The number of ether oxygens (including phenoxy) is 3. The van der Waals surface area contributed by atoms with E-state index in [-0.39, 0.29) is 25.3 Å². The number of esters is 2. The maximum atomic E-state index is 13.0. The second kappa shape index (κ2) is 15.6. The first kappa shape index (κ1) is 36.1. The van der Waals surface area contributed by atoms with Crippen LogP contribution in [0.5, 0.6) is 11.5 Å². The molecule has 0 heterocycles. The Labute approximate surface area is 285 Å². The number of rotatable bonds is 14. The fourth-order valence-corrected chi connectivity index (χ4v) is 10.5. The van der Waals surface area contributed by atoms with Crippen molar-refractivity contribution in [2.24, 2.45) is 46.3 Å². The summed E-state index contributed by atoms with van der Waals surface area (Å²) >= 11 is 0. The number of hydrogen-bond donors (Lipinski definition) is 1. The summed E-state index contributed by atoms with van der Waals surface area (Å²) in [5.41, 5.74) is 1.40.